The largest absolute Gasteiger partial charge is 0.397 e. The molecule has 0 aromatic rings. The average molecular weight is 305 g/mol. The lowest BCUT2D eigenvalue weighted by molar-refractivity contribution is 0.0618. The molecule has 0 unspecified atom stereocenters. The lowest BCUT2D eigenvalue weighted by Crippen LogP contribution is -2.42. The van der Waals surface area contributed by atoms with Crippen LogP contribution in [0.5, 0.6) is 0 Å². The molecule has 108 valence electrons. The highest BCUT2D eigenvalue weighted by Crippen LogP contribution is 2.16. The van der Waals surface area contributed by atoms with Crippen LogP contribution >= 0.6 is 0 Å². The first-order chi connectivity index (χ1) is 7.79. The van der Waals surface area contributed by atoms with Crippen molar-refractivity contribution in [3.05, 3.63) is 11.8 Å². The van der Waals surface area contributed by atoms with Crippen molar-refractivity contribution < 1.29 is 8.85 Å². The molecule has 0 aromatic heterocycles. The van der Waals surface area contributed by atoms with Crippen molar-refractivity contribution >= 4 is 26.2 Å². The van der Waals surface area contributed by atoms with E-state index >= 15 is 0 Å². The van der Waals surface area contributed by atoms with E-state index in [2.05, 4.69) is 71.8 Å². The van der Waals surface area contributed by atoms with E-state index in [1.54, 1.807) is 0 Å². The second-order valence-electron chi connectivity index (χ2n) is 7.89. The molecular weight excluding hydrogens is 272 g/mol. The molecule has 0 bridgehead atoms. The Hall–Kier alpha value is 0.311. The van der Waals surface area contributed by atoms with Gasteiger partial charge in [-0.15, -0.1) is 0 Å². The highest BCUT2D eigenvalue weighted by atomic mass is 28.4. The van der Waals surface area contributed by atoms with Gasteiger partial charge in [-0.25, -0.2) is 0 Å². The van der Waals surface area contributed by atoms with Crippen molar-refractivity contribution in [3.8, 4) is 0 Å². The van der Waals surface area contributed by atoms with Crippen LogP contribution < -0.4 is 0 Å². The number of hydrogen-bond donors (Lipinski definition) is 0. The van der Waals surface area contributed by atoms with Crippen molar-refractivity contribution in [2.75, 3.05) is 0 Å². The Morgan fingerprint density at radius 2 is 1.28 bits per heavy atom. The molecule has 0 N–H and O–H groups in total. The van der Waals surface area contributed by atoms with E-state index in [1.165, 1.54) is 0 Å². The zero-order valence-corrected chi connectivity index (χ0v) is 17.2. The van der Waals surface area contributed by atoms with Crippen LogP contribution in [0.4, 0.5) is 0 Å². The van der Waals surface area contributed by atoms with E-state index in [4.69, 9.17) is 8.85 Å². The topological polar surface area (TPSA) is 18.5 Å². The number of allylic oxidation sites excluding steroid dienone is 1. The predicted octanol–water partition coefficient (Wildman–Crippen LogP) is 3.70. The van der Waals surface area contributed by atoms with Crippen LogP contribution in [0.1, 0.15) is 20.8 Å². The van der Waals surface area contributed by atoms with Crippen LogP contribution in [0, 0.1) is 5.41 Å². The Balaban J connectivity index is 4.54. The van der Waals surface area contributed by atoms with E-state index in [-0.39, 0.29) is 11.3 Å². The zero-order valence-electron chi connectivity index (χ0n) is 13.8. The van der Waals surface area contributed by atoms with Crippen molar-refractivity contribution in [1.82, 2.24) is 0 Å². The molecule has 0 aliphatic heterocycles. The first-order valence-corrected chi connectivity index (χ1v) is 15.3. The molecule has 0 atom stereocenters. The summed E-state index contributed by atoms with van der Waals surface area (Å²) in [6, 6.07) is 0. The summed E-state index contributed by atoms with van der Waals surface area (Å²) in [5.74, 6) is 0.0712. The second-order valence-corrected chi connectivity index (χ2v) is 18.4. The SMILES string of the molecule is CC(C)(C)/C=C/[SiH2]C(O[Si](C)(C)C)O[Si](C)(C)C. The molecule has 2 nitrogen and oxygen atoms in total. The lowest BCUT2D eigenvalue weighted by Gasteiger charge is -2.31. The van der Waals surface area contributed by atoms with Gasteiger partial charge in [0.1, 0.15) is 15.4 Å². The van der Waals surface area contributed by atoms with Crippen LogP contribution in [-0.2, 0) is 8.85 Å². The molecule has 0 saturated carbocycles. The fourth-order valence-electron chi connectivity index (χ4n) is 1.44. The van der Waals surface area contributed by atoms with Crippen LogP contribution in [0.25, 0.3) is 0 Å². The maximum absolute atomic E-state index is 6.19. The third-order valence-electron chi connectivity index (χ3n) is 1.92. The van der Waals surface area contributed by atoms with Gasteiger partial charge in [-0.05, 0) is 44.7 Å². The molecule has 0 radical (unpaired) electrons. The summed E-state index contributed by atoms with van der Waals surface area (Å²) >= 11 is 0. The molecule has 18 heavy (non-hydrogen) atoms. The summed E-state index contributed by atoms with van der Waals surface area (Å²) in [6.07, 6.45) is 2.30. The third-order valence-corrected chi connectivity index (χ3v) is 5.75. The molecule has 0 aromatic carbocycles. The van der Waals surface area contributed by atoms with Crippen LogP contribution in [0.15, 0.2) is 11.8 Å². The maximum atomic E-state index is 6.19. The Morgan fingerprint density at radius 1 is 0.889 bits per heavy atom. The van der Waals surface area contributed by atoms with Gasteiger partial charge in [-0.2, -0.15) is 0 Å². The molecule has 0 amide bonds. The monoisotopic (exact) mass is 304 g/mol. The van der Waals surface area contributed by atoms with E-state index in [0.29, 0.717) is 0 Å². The number of rotatable bonds is 6. The zero-order chi connectivity index (χ0) is 14.6. The molecule has 0 spiro atoms. The molecule has 0 rings (SSSR count). The summed E-state index contributed by atoms with van der Waals surface area (Å²) in [6.45, 7) is 20.1. The highest BCUT2D eigenvalue weighted by Gasteiger charge is 2.26. The normalized spacial score (nSPS) is 15.4. The molecule has 0 heterocycles. The highest BCUT2D eigenvalue weighted by molar-refractivity contribution is 6.72. The maximum Gasteiger partial charge on any atom is 0.186 e. The smallest absolute Gasteiger partial charge is 0.186 e. The molecule has 0 saturated heterocycles. The van der Waals surface area contributed by atoms with Gasteiger partial charge in [0.25, 0.3) is 0 Å². The van der Waals surface area contributed by atoms with E-state index in [1.807, 2.05) is 0 Å². The van der Waals surface area contributed by atoms with Gasteiger partial charge in [0.05, 0.1) is 0 Å². The standard InChI is InChI=1S/C13H32O2Si3/c1-13(2,3)10-11-16-12(14-17(4,5)6)15-18(7,8)9/h10-12H,16H2,1-9H3/b11-10+. The fraction of sp³-hybridized carbons (Fsp3) is 0.846. The summed E-state index contributed by atoms with van der Waals surface area (Å²) in [4.78, 5) is 0. The first kappa shape index (κ1) is 18.3. The molecule has 5 heteroatoms. The van der Waals surface area contributed by atoms with E-state index in [9.17, 15) is 0 Å². The van der Waals surface area contributed by atoms with Crippen molar-refractivity contribution in [2.45, 2.75) is 66.0 Å². The minimum absolute atomic E-state index is 0.0712. The first-order valence-electron chi connectivity index (χ1n) is 6.82. The fourth-order valence-corrected chi connectivity index (χ4v) is 8.05. The van der Waals surface area contributed by atoms with Crippen molar-refractivity contribution in [3.63, 3.8) is 0 Å². The van der Waals surface area contributed by atoms with Crippen LogP contribution in [-0.4, -0.2) is 32.1 Å². The van der Waals surface area contributed by atoms with E-state index < -0.39 is 26.2 Å². The molecule has 0 aliphatic rings. The van der Waals surface area contributed by atoms with Gasteiger partial charge in [0.2, 0.25) is 0 Å². The summed E-state index contributed by atoms with van der Waals surface area (Å²) in [7, 11) is -3.51. The van der Waals surface area contributed by atoms with Gasteiger partial charge in [-0.1, -0.05) is 32.5 Å². The summed E-state index contributed by atoms with van der Waals surface area (Å²) in [5, 5.41) is 0. The average Bonchev–Trinajstić information content (AvgIpc) is 1.93. The Bertz CT molecular complexity index is 253. The van der Waals surface area contributed by atoms with Gasteiger partial charge in [0, 0.05) is 0 Å². The Kier molecular flexibility index (Phi) is 6.77. The Morgan fingerprint density at radius 3 is 1.56 bits per heavy atom. The third kappa shape index (κ3) is 12.8. The van der Waals surface area contributed by atoms with Crippen molar-refractivity contribution in [1.29, 1.82) is 0 Å². The lowest BCUT2D eigenvalue weighted by atomic mass is 9.98. The molecule has 0 fully saturated rings. The molecular formula is C13H32O2Si3. The van der Waals surface area contributed by atoms with Crippen LogP contribution in [0.2, 0.25) is 39.3 Å². The van der Waals surface area contributed by atoms with E-state index in [0.717, 1.165) is 0 Å². The van der Waals surface area contributed by atoms with Crippen molar-refractivity contribution in [2.24, 2.45) is 5.41 Å². The predicted molar refractivity (Wildman–Crippen MR) is 89.8 cm³/mol. The van der Waals surface area contributed by atoms with Crippen LogP contribution in [0.3, 0.4) is 0 Å². The quantitative estimate of drug-likeness (QED) is 0.550. The minimum atomic E-state index is -1.52. The van der Waals surface area contributed by atoms with Gasteiger partial charge in [-0.3, -0.25) is 0 Å². The van der Waals surface area contributed by atoms with Gasteiger partial charge < -0.3 is 8.85 Å². The van der Waals surface area contributed by atoms with Gasteiger partial charge in [0.15, 0.2) is 16.6 Å². The molecule has 0 aliphatic carbocycles. The summed E-state index contributed by atoms with van der Waals surface area (Å²) < 4.78 is 12.4. The number of hydrogen-bond acceptors (Lipinski definition) is 2. The van der Waals surface area contributed by atoms with Gasteiger partial charge >= 0.3 is 0 Å². The summed E-state index contributed by atoms with van der Waals surface area (Å²) in [5.41, 5.74) is 2.60. The Labute approximate surface area is 118 Å². The minimum Gasteiger partial charge on any atom is -0.397 e. The second kappa shape index (κ2) is 6.65.